The second kappa shape index (κ2) is 7.41. The van der Waals surface area contributed by atoms with Gasteiger partial charge in [0.05, 0.1) is 22.1 Å². The van der Waals surface area contributed by atoms with Crippen LogP contribution in [0.3, 0.4) is 0 Å². The molecular weight excluding hydrogens is 438 g/mol. The van der Waals surface area contributed by atoms with Gasteiger partial charge in [-0.2, -0.15) is 0 Å². The number of nitrogens with zero attached hydrogens (tertiary/aromatic N) is 3. The molecule has 7 aromatic rings. The number of hydrogen-bond acceptors (Lipinski definition) is 2. The van der Waals surface area contributed by atoms with Crippen LogP contribution in [0.15, 0.2) is 109 Å². The molecule has 3 nitrogen and oxygen atoms in total. The number of halogens is 1. The van der Waals surface area contributed by atoms with Crippen molar-refractivity contribution in [2.75, 3.05) is 0 Å². The van der Waals surface area contributed by atoms with Crippen LogP contribution < -0.4 is 0 Å². The average molecular weight is 456 g/mol. The van der Waals surface area contributed by atoms with Crippen LogP contribution in [-0.4, -0.2) is 14.5 Å². The summed E-state index contributed by atoms with van der Waals surface area (Å²) >= 11 is 6.46. The van der Waals surface area contributed by atoms with E-state index in [1.165, 1.54) is 10.8 Å². The van der Waals surface area contributed by atoms with E-state index in [1.54, 1.807) is 0 Å². The molecule has 7 rings (SSSR count). The van der Waals surface area contributed by atoms with Crippen molar-refractivity contribution in [3.8, 4) is 17.1 Å². The van der Waals surface area contributed by atoms with Gasteiger partial charge in [-0.25, -0.2) is 9.97 Å². The molecule has 0 aliphatic heterocycles. The van der Waals surface area contributed by atoms with E-state index in [2.05, 4.69) is 59.2 Å². The maximum absolute atomic E-state index is 6.46. The molecule has 0 saturated carbocycles. The van der Waals surface area contributed by atoms with Crippen molar-refractivity contribution in [2.24, 2.45) is 0 Å². The fourth-order valence-electron chi connectivity index (χ4n) is 4.84. The molecule has 0 saturated heterocycles. The largest absolute Gasteiger partial charge is 0.292 e. The molecule has 5 aromatic carbocycles. The molecule has 34 heavy (non-hydrogen) atoms. The highest BCUT2D eigenvalue weighted by atomic mass is 35.5. The van der Waals surface area contributed by atoms with Crippen molar-refractivity contribution in [3.63, 3.8) is 0 Å². The molecule has 0 aliphatic rings. The predicted molar refractivity (Wildman–Crippen MR) is 142 cm³/mol. The van der Waals surface area contributed by atoms with Crippen LogP contribution in [0.2, 0.25) is 5.02 Å². The summed E-state index contributed by atoms with van der Waals surface area (Å²) in [4.78, 5) is 10.2. The van der Waals surface area contributed by atoms with Crippen molar-refractivity contribution in [1.29, 1.82) is 0 Å². The van der Waals surface area contributed by atoms with E-state index >= 15 is 0 Å². The van der Waals surface area contributed by atoms with Crippen LogP contribution >= 0.6 is 11.6 Å². The molecule has 0 radical (unpaired) electrons. The van der Waals surface area contributed by atoms with E-state index in [0.29, 0.717) is 5.02 Å². The molecular formula is C30H18ClN3. The fourth-order valence-corrected chi connectivity index (χ4v) is 5.01. The van der Waals surface area contributed by atoms with Crippen LogP contribution in [-0.2, 0) is 0 Å². The lowest BCUT2D eigenvalue weighted by atomic mass is 10.1. The molecule has 0 amide bonds. The minimum absolute atomic E-state index is 0.715. The second-order valence-corrected chi connectivity index (χ2v) is 8.90. The Morgan fingerprint density at radius 3 is 2.00 bits per heavy atom. The summed E-state index contributed by atoms with van der Waals surface area (Å²) in [5.41, 5.74) is 5.75. The Balaban J connectivity index is 1.68. The van der Waals surface area contributed by atoms with E-state index in [1.807, 2.05) is 54.6 Å². The van der Waals surface area contributed by atoms with Crippen molar-refractivity contribution in [2.45, 2.75) is 0 Å². The first-order chi connectivity index (χ1) is 16.8. The van der Waals surface area contributed by atoms with Gasteiger partial charge in [0.15, 0.2) is 5.82 Å². The first kappa shape index (κ1) is 19.3. The Kier molecular flexibility index (Phi) is 4.20. The Hall–Kier alpha value is -4.21. The van der Waals surface area contributed by atoms with Crippen LogP contribution in [0.4, 0.5) is 0 Å². The van der Waals surface area contributed by atoms with Crippen molar-refractivity contribution in [1.82, 2.24) is 14.5 Å². The first-order valence-corrected chi connectivity index (χ1v) is 11.6. The molecule has 0 unspecified atom stereocenters. The third-order valence-corrected chi connectivity index (χ3v) is 6.64. The Labute approximate surface area is 200 Å². The summed E-state index contributed by atoms with van der Waals surface area (Å²) in [7, 11) is 0. The number of fused-ring (bicyclic) bond motifs is 5. The van der Waals surface area contributed by atoms with Crippen LogP contribution in [0.25, 0.3) is 60.7 Å². The SMILES string of the molecule is Clc1ccc2c(c1)c1cc3ccccc3cc1n2-c1nc2ccccc2nc1-c1ccccc1. The fraction of sp³-hybridized carbons (Fsp3) is 0. The minimum Gasteiger partial charge on any atom is -0.292 e. The molecule has 0 aliphatic carbocycles. The number of rotatable bonds is 2. The van der Waals surface area contributed by atoms with Crippen LogP contribution in [0.5, 0.6) is 0 Å². The monoisotopic (exact) mass is 455 g/mol. The number of hydrogen-bond donors (Lipinski definition) is 0. The zero-order valence-corrected chi connectivity index (χ0v) is 18.9. The van der Waals surface area contributed by atoms with Crippen molar-refractivity contribution < 1.29 is 0 Å². The Morgan fingerprint density at radius 2 is 1.21 bits per heavy atom. The van der Waals surface area contributed by atoms with Gasteiger partial charge in [-0.15, -0.1) is 0 Å². The lowest BCUT2D eigenvalue weighted by Crippen LogP contribution is -2.03. The van der Waals surface area contributed by atoms with Gasteiger partial charge in [-0.1, -0.05) is 78.3 Å². The van der Waals surface area contributed by atoms with Gasteiger partial charge in [0.25, 0.3) is 0 Å². The van der Waals surface area contributed by atoms with Crippen LogP contribution in [0, 0.1) is 0 Å². The molecule has 0 fully saturated rings. The van der Waals surface area contributed by atoms with Crippen LogP contribution in [0.1, 0.15) is 0 Å². The lowest BCUT2D eigenvalue weighted by Gasteiger charge is -2.14. The highest BCUT2D eigenvalue weighted by Gasteiger charge is 2.19. The third-order valence-electron chi connectivity index (χ3n) is 6.41. The molecule has 0 atom stereocenters. The predicted octanol–water partition coefficient (Wildman–Crippen LogP) is 8.20. The number of para-hydroxylation sites is 2. The van der Waals surface area contributed by atoms with Gasteiger partial charge in [0.1, 0.15) is 5.69 Å². The quantitative estimate of drug-likeness (QED) is 0.263. The maximum Gasteiger partial charge on any atom is 0.165 e. The summed E-state index contributed by atoms with van der Waals surface area (Å²) in [6.45, 7) is 0. The highest BCUT2D eigenvalue weighted by Crippen LogP contribution is 2.38. The van der Waals surface area contributed by atoms with Gasteiger partial charge in [0, 0.05) is 21.4 Å². The standard InChI is InChI=1S/C30H18ClN3/c31-22-14-15-27-24(18-22)23-16-20-10-4-5-11-21(20)17-28(23)34(27)30-29(19-8-2-1-3-9-19)32-25-12-6-7-13-26(25)33-30/h1-18H. The van der Waals surface area contributed by atoms with Crippen molar-refractivity contribution in [3.05, 3.63) is 114 Å². The molecule has 0 spiro atoms. The van der Waals surface area contributed by atoms with Gasteiger partial charge >= 0.3 is 0 Å². The molecule has 160 valence electrons. The van der Waals surface area contributed by atoms with Crippen molar-refractivity contribution >= 4 is 55.2 Å². The summed E-state index contributed by atoms with van der Waals surface area (Å²) in [6, 6.07) is 37.3. The summed E-state index contributed by atoms with van der Waals surface area (Å²) in [5, 5.41) is 5.34. The lowest BCUT2D eigenvalue weighted by molar-refractivity contribution is 1.08. The average Bonchev–Trinajstić information content (AvgIpc) is 3.19. The minimum atomic E-state index is 0.715. The van der Waals surface area contributed by atoms with Gasteiger partial charge in [-0.3, -0.25) is 4.57 Å². The number of benzene rings is 5. The zero-order chi connectivity index (χ0) is 22.6. The molecule has 4 heteroatoms. The zero-order valence-electron chi connectivity index (χ0n) is 18.1. The molecule has 0 N–H and O–H groups in total. The second-order valence-electron chi connectivity index (χ2n) is 8.46. The summed E-state index contributed by atoms with van der Waals surface area (Å²) in [6.07, 6.45) is 0. The summed E-state index contributed by atoms with van der Waals surface area (Å²) < 4.78 is 2.23. The number of aromatic nitrogens is 3. The van der Waals surface area contributed by atoms with Gasteiger partial charge in [0.2, 0.25) is 0 Å². The van der Waals surface area contributed by atoms with E-state index < -0.39 is 0 Å². The highest BCUT2D eigenvalue weighted by molar-refractivity contribution is 6.32. The maximum atomic E-state index is 6.46. The molecule has 0 bridgehead atoms. The molecule has 2 aromatic heterocycles. The van der Waals surface area contributed by atoms with Gasteiger partial charge in [-0.05, 0) is 53.2 Å². The van der Waals surface area contributed by atoms with Gasteiger partial charge < -0.3 is 0 Å². The van der Waals surface area contributed by atoms with E-state index in [4.69, 9.17) is 21.6 Å². The van der Waals surface area contributed by atoms with E-state index in [9.17, 15) is 0 Å². The Bertz CT molecular complexity index is 1870. The summed E-state index contributed by atoms with van der Waals surface area (Å²) in [5.74, 6) is 0.808. The van der Waals surface area contributed by atoms with E-state index in [-0.39, 0.29) is 0 Å². The topological polar surface area (TPSA) is 30.7 Å². The van der Waals surface area contributed by atoms with E-state index in [0.717, 1.165) is 49.9 Å². The Morgan fingerprint density at radius 1 is 0.559 bits per heavy atom. The molecule has 2 heterocycles. The first-order valence-electron chi connectivity index (χ1n) is 11.2. The normalized spacial score (nSPS) is 11.7. The smallest absolute Gasteiger partial charge is 0.165 e. The third kappa shape index (κ3) is 2.91.